The molecule has 0 aromatic carbocycles. The quantitative estimate of drug-likeness (QED) is 0.440. The summed E-state index contributed by atoms with van der Waals surface area (Å²) >= 11 is 0. The number of rotatable bonds is 14. The minimum absolute atomic E-state index is 0.0249. The SMILES string of the molecule is CCCC(=O)NCCC(C)(C)OCCC(C)(C)C(=O)NCCS(=O)CC(C)(C)C. The molecule has 172 valence electrons. The highest BCUT2D eigenvalue weighted by Crippen LogP contribution is 2.23. The number of carbonyl (C=O) groups excluding carboxylic acids is 2. The first kappa shape index (κ1) is 28.1. The molecule has 29 heavy (non-hydrogen) atoms. The summed E-state index contributed by atoms with van der Waals surface area (Å²) in [5.74, 6) is 1.14. The van der Waals surface area contributed by atoms with Crippen molar-refractivity contribution < 1.29 is 18.5 Å². The maximum absolute atomic E-state index is 12.5. The monoisotopic (exact) mass is 432 g/mol. The van der Waals surface area contributed by atoms with Crippen molar-refractivity contribution in [1.82, 2.24) is 10.6 Å². The molecule has 2 N–H and O–H groups in total. The van der Waals surface area contributed by atoms with Crippen molar-refractivity contribution in [1.29, 1.82) is 0 Å². The standard InChI is InChI=1S/C22H44N2O4S/c1-9-10-18(25)23-13-11-22(7,8)28-15-12-21(5,6)19(26)24-14-16-29(27)17-20(2,3)4/h9-17H2,1-8H3,(H,23,25)(H,24,26). The molecule has 0 rings (SSSR count). The fourth-order valence-corrected chi connectivity index (χ4v) is 4.10. The van der Waals surface area contributed by atoms with Gasteiger partial charge in [0.05, 0.1) is 5.60 Å². The molecule has 0 saturated heterocycles. The first-order chi connectivity index (χ1) is 13.2. The second-order valence-corrected chi connectivity index (χ2v) is 11.8. The Hall–Kier alpha value is -0.950. The molecule has 0 fully saturated rings. The topological polar surface area (TPSA) is 84.5 Å². The summed E-state index contributed by atoms with van der Waals surface area (Å²) in [5.41, 5.74) is -0.899. The smallest absolute Gasteiger partial charge is 0.225 e. The maximum Gasteiger partial charge on any atom is 0.225 e. The van der Waals surface area contributed by atoms with Gasteiger partial charge in [0.15, 0.2) is 0 Å². The van der Waals surface area contributed by atoms with Crippen LogP contribution in [0.4, 0.5) is 0 Å². The Balaban J connectivity index is 4.20. The number of carbonyl (C=O) groups is 2. The molecule has 7 heteroatoms. The van der Waals surface area contributed by atoms with Crippen molar-refractivity contribution in [2.75, 3.05) is 31.2 Å². The summed E-state index contributed by atoms with van der Waals surface area (Å²) in [7, 11) is -0.928. The lowest BCUT2D eigenvalue weighted by molar-refractivity contribution is -0.131. The van der Waals surface area contributed by atoms with Crippen LogP contribution in [0.2, 0.25) is 0 Å². The molecular formula is C22H44N2O4S. The van der Waals surface area contributed by atoms with Crippen LogP contribution in [-0.4, -0.2) is 52.8 Å². The zero-order valence-electron chi connectivity index (χ0n) is 19.9. The molecule has 0 heterocycles. The maximum atomic E-state index is 12.5. The van der Waals surface area contributed by atoms with E-state index in [1.54, 1.807) is 0 Å². The predicted molar refractivity (Wildman–Crippen MR) is 121 cm³/mol. The van der Waals surface area contributed by atoms with Gasteiger partial charge < -0.3 is 15.4 Å². The zero-order valence-corrected chi connectivity index (χ0v) is 20.7. The number of hydrogen-bond acceptors (Lipinski definition) is 4. The Morgan fingerprint density at radius 1 is 0.931 bits per heavy atom. The van der Waals surface area contributed by atoms with Crippen LogP contribution in [0.1, 0.15) is 81.1 Å². The Kier molecular flexibility index (Phi) is 12.3. The van der Waals surface area contributed by atoms with Crippen LogP contribution in [0, 0.1) is 10.8 Å². The number of amides is 2. The highest BCUT2D eigenvalue weighted by atomic mass is 32.2. The van der Waals surface area contributed by atoms with Crippen LogP contribution in [0.5, 0.6) is 0 Å². The van der Waals surface area contributed by atoms with Gasteiger partial charge in [0.2, 0.25) is 11.8 Å². The molecule has 2 amide bonds. The van der Waals surface area contributed by atoms with E-state index in [0.717, 1.165) is 6.42 Å². The third kappa shape index (κ3) is 14.6. The molecule has 0 aliphatic carbocycles. The second-order valence-electron chi connectivity index (χ2n) is 10.2. The summed E-state index contributed by atoms with van der Waals surface area (Å²) < 4.78 is 18.0. The number of nitrogens with one attached hydrogen (secondary N) is 2. The van der Waals surface area contributed by atoms with E-state index in [4.69, 9.17) is 4.74 Å². The van der Waals surface area contributed by atoms with Gasteiger partial charge in [-0.3, -0.25) is 13.8 Å². The normalized spacial score (nSPS) is 13.8. The first-order valence-electron chi connectivity index (χ1n) is 10.7. The third-order valence-electron chi connectivity index (χ3n) is 4.57. The molecule has 0 saturated carbocycles. The van der Waals surface area contributed by atoms with Crippen molar-refractivity contribution in [2.24, 2.45) is 10.8 Å². The number of ether oxygens (including phenoxy) is 1. The second kappa shape index (κ2) is 12.7. The molecule has 0 spiro atoms. The van der Waals surface area contributed by atoms with Gasteiger partial charge in [0.1, 0.15) is 0 Å². The van der Waals surface area contributed by atoms with Gasteiger partial charge in [-0.15, -0.1) is 0 Å². The molecular weight excluding hydrogens is 388 g/mol. The van der Waals surface area contributed by atoms with Crippen molar-refractivity contribution in [3.8, 4) is 0 Å². The average molecular weight is 433 g/mol. The van der Waals surface area contributed by atoms with Crippen molar-refractivity contribution in [3.63, 3.8) is 0 Å². The predicted octanol–water partition coefficient (Wildman–Crippen LogP) is 3.42. The lowest BCUT2D eigenvalue weighted by Crippen LogP contribution is -2.40. The van der Waals surface area contributed by atoms with E-state index in [1.807, 2.05) is 34.6 Å². The highest BCUT2D eigenvalue weighted by molar-refractivity contribution is 7.85. The van der Waals surface area contributed by atoms with E-state index in [0.29, 0.717) is 50.5 Å². The molecule has 0 aliphatic rings. The van der Waals surface area contributed by atoms with Gasteiger partial charge in [-0.2, -0.15) is 0 Å². The summed E-state index contributed by atoms with van der Waals surface area (Å²) in [4.78, 5) is 24.0. The van der Waals surface area contributed by atoms with E-state index in [2.05, 4.69) is 31.4 Å². The minimum Gasteiger partial charge on any atom is -0.375 e. The van der Waals surface area contributed by atoms with Gasteiger partial charge in [-0.1, -0.05) is 41.5 Å². The molecule has 0 bridgehead atoms. The van der Waals surface area contributed by atoms with Crippen molar-refractivity contribution in [3.05, 3.63) is 0 Å². The van der Waals surface area contributed by atoms with E-state index >= 15 is 0 Å². The summed E-state index contributed by atoms with van der Waals surface area (Å²) in [6.07, 6.45) is 2.70. The lowest BCUT2D eigenvalue weighted by atomic mass is 9.88. The fraction of sp³-hybridized carbons (Fsp3) is 0.909. The zero-order chi connectivity index (χ0) is 22.7. The van der Waals surface area contributed by atoms with E-state index in [1.165, 1.54) is 0 Å². The molecule has 1 unspecified atom stereocenters. The molecule has 1 atom stereocenters. The Morgan fingerprint density at radius 2 is 1.55 bits per heavy atom. The van der Waals surface area contributed by atoms with Crippen LogP contribution in [0.3, 0.4) is 0 Å². The molecule has 0 radical (unpaired) electrons. The van der Waals surface area contributed by atoms with Crippen LogP contribution >= 0.6 is 0 Å². The van der Waals surface area contributed by atoms with Crippen molar-refractivity contribution in [2.45, 2.75) is 86.7 Å². The van der Waals surface area contributed by atoms with Gasteiger partial charge in [0.25, 0.3) is 0 Å². The Bertz CT molecular complexity index is 539. The molecule has 6 nitrogen and oxygen atoms in total. The Labute approximate surface area is 180 Å². The van der Waals surface area contributed by atoms with Crippen LogP contribution in [0.25, 0.3) is 0 Å². The summed E-state index contributed by atoms with van der Waals surface area (Å²) in [5, 5.41) is 5.81. The van der Waals surface area contributed by atoms with E-state index < -0.39 is 16.2 Å². The molecule has 0 aromatic heterocycles. The van der Waals surface area contributed by atoms with E-state index in [-0.39, 0.29) is 22.8 Å². The van der Waals surface area contributed by atoms with Crippen LogP contribution in [0.15, 0.2) is 0 Å². The van der Waals surface area contributed by atoms with Gasteiger partial charge in [0, 0.05) is 53.8 Å². The first-order valence-corrected chi connectivity index (χ1v) is 12.2. The van der Waals surface area contributed by atoms with Crippen LogP contribution in [-0.2, 0) is 25.1 Å². The number of hydrogen-bond donors (Lipinski definition) is 2. The van der Waals surface area contributed by atoms with E-state index in [9.17, 15) is 13.8 Å². The van der Waals surface area contributed by atoms with Crippen molar-refractivity contribution >= 4 is 22.6 Å². The van der Waals surface area contributed by atoms with Gasteiger partial charge in [-0.25, -0.2) is 0 Å². The molecule has 0 aromatic rings. The summed E-state index contributed by atoms with van der Waals surface area (Å²) in [6, 6.07) is 0. The summed E-state index contributed by atoms with van der Waals surface area (Å²) in [6.45, 7) is 17.4. The molecule has 0 aliphatic heterocycles. The van der Waals surface area contributed by atoms with Gasteiger partial charge in [-0.05, 0) is 38.5 Å². The minimum atomic E-state index is -0.928. The highest BCUT2D eigenvalue weighted by Gasteiger charge is 2.28. The fourth-order valence-electron chi connectivity index (χ4n) is 2.66. The third-order valence-corrected chi connectivity index (χ3v) is 6.42. The Morgan fingerprint density at radius 3 is 2.10 bits per heavy atom. The van der Waals surface area contributed by atoms with Gasteiger partial charge >= 0.3 is 0 Å². The largest absolute Gasteiger partial charge is 0.375 e. The average Bonchev–Trinajstić information content (AvgIpc) is 2.52. The van der Waals surface area contributed by atoms with Crippen LogP contribution < -0.4 is 10.6 Å². The lowest BCUT2D eigenvalue weighted by Gasteiger charge is -2.29.